The summed E-state index contributed by atoms with van der Waals surface area (Å²) in [6, 6.07) is 23.4. The third-order valence-corrected chi connectivity index (χ3v) is 6.90. The second kappa shape index (κ2) is 8.37. The summed E-state index contributed by atoms with van der Waals surface area (Å²) in [5.41, 5.74) is 7.06. The third-order valence-electron chi connectivity index (χ3n) is 6.90. The zero-order valence-corrected chi connectivity index (χ0v) is 20.6. The van der Waals surface area contributed by atoms with Gasteiger partial charge in [-0.15, -0.1) is 0 Å². The van der Waals surface area contributed by atoms with Crippen molar-refractivity contribution in [2.45, 2.75) is 58.8 Å². The lowest BCUT2D eigenvalue weighted by atomic mass is 9.73. The molecule has 168 valence electrons. The van der Waals surface area contributed by atoms with Crippen molar-refractivity contribution < 1.29 is 0 Å². The Kier molecular flexibility index (Phi) is 5.69. The van der Waals surface area contributed by atoms with Gasteiger partial charge in [0.05, 0.1) is 33.8 Å². The second-order valence-electron chi connectivity index (χ2n) is 9.94. The number of fused-ring (bicyclic) bond motifs is 2. The lowest BCUT2D eigenvalue weighted by Crippen LogP contribution is -2.31. The Labute approximate surface area is 202 Å². The molecule has 0 atom stereocenters. The zero-order chi connectivity index (χ0) is 24.8. The van der Waals surface area contributed by atoms with Gasteiger partial charge in [-0.25, -0.2) is 0 Å². The first-order valence-corrected chi connectivity index (χ1v) is 11.6. The summed E-state index contributed by atoms with van der Waals surface area (Å²) in [4.78, 5) is 2.03. The molecule has 4 heteroatoms. The van der Waals surface area contributed by atoms with Crippen LogP contribution in [0.25, 0.3) is 0 Å². The summed E-state index contributed by atoms with van der Waals surface area (Å²) in [5, 5.41) is 31.1. The molecular weight excluding hydrogens is 416 g/mol. The van der Waals surface area contributed by atoms with Gasteiger partial charge < -0.3 is 4.90 Å². The molecule has 0 N–H and O–H groups in total. The molecule has 0 saturated carbocycles. The predicted molar refractivity (Wildman–Crippen MR) is 136 cm³/mol. The van der Waals surface area contributed by atoms with Gasteiger partial charge in [0.1, 0.15) is 18.2 Å². The fraction of sp³-hybridized carbons (Fsp3) is 0.300. The van der Waals surface area contributed by atoms with Crippen molar-refractivity contribution in [1.29, 1.82) is 15.8 Å². The van der Waals surface area contributed by atoms with Crippen molar-refractivity contribution >= 4 is 17.1 Å². The van der Waals surface area contributed by atoms with Gasteiger partial charge in [-0.1, -0.05) is 77.9 Å². The van der Waals surface area contributed by atoms with Crippen LogP contribution in [0.3, 0.4) is 0 Å². The van der Waals surface area contributed by atoms with E-state index >= 15 is 0 Å². The maximum atomic E-state index is 10.5. The molecule has 0 bridgehead atoms. The first-order valence-electron chi connectivity index (χ1n) is 11.6. The number of anilines is 3. The van der Waals surface area contributed by atoms with Crippen LogP contribution in [0, 0.1) is 34.0 Å². The van der Waals surface area contributed by atoms with Gasteiger partial charge in [-0.3, -0.25) is 0 Å². The topological polar surface area (TPSA) is 74.6 Å². The Morgan fingerprint density at radius 2 is 1.06 bits per heavy atom. The van der Waals surface area contributed by atoms with Crippen molar-refractivity contribution in [1.82, 2.24) is 0 Å². The molecule has 0 unspecified atom stereocenters. The van der Waals surface area contributed by atoms with Gasteiger partial charge >= 0.3 is 0 Å². The molecule has 1 aliphatic rings. The smallest absolute Gasteiger partial charge is 0.103 e. The number of para-hydroxylation sites is 2. The molecule has 3 aromatic rings. The normalized spacial score (nSPS) is 13.6. The molecule has 0 saturated heterocycles. The van der Waals surface area contributed by atoms with E-state index in [0.29, 0.717) is 16.8 Å². The minimum absolute atomic E-state index is 0.000150. The van der Waals surface area contributed by atoms with Crippen LogP contribution >= 0.6 is 0 Å². The molecule has 3 aromatic carbocycles. The molecule has 0 aliphatic carbocycles. The number of hydrogen-bond donors (Lipinski definition) is 0. The summed E-state index contributed by atoms with van der Waals surface area (Å²) in [6.07, 6.45) is 0. The van der Waals surface area contributed by atoms with Crippen LogP contribution in [0.2, 0.25) is 0 Å². The van der Waals surface area contributed by atoms with E-state index in [1.807, 2.05) is 69.0 Å². The second-order valence-corrected chi connectivity index (χ2v) is 9.94. The first kappa shape index (κ1) is 23.1. The molecule has 34 heavy (non-hydrogen) atoms. The lowest BCUT2D eigenvalue weighted by Gasteiger charge is -2.43. The molecule has 0 spiro atoms. The van der Waals surface area contributed by atoms with E-state index in [0.717, 1.165) is 33.6 Å². The maximum absolute atomic E-state index is 10.5. The van der Waals surface area contributed by atoms with E-state index in [1.54, 1.807) is 0 Å². The summed E-state index contributed by atoms with van der Waals surface area (Å²) in [7, 11) is 0. The highest BCUT2D eigenvalue weighted by atomic mass is 15.2. The number of nitrogens with zero attached hydrogens (tertiary/aromatic N) is 4. The van der Waals surface area contributed by atoms with E-state index in [-0.39, 0.29) is 22.8 Å². The Morgan fingerprint density at radius 3 is 1.47 bits per heavy atom. The third kappa shape index (κ3) is 3.17. The minimum atomic E-state index is -0.264. The largest absolute Gasteiger partial charge is 0.307 e. The van der Waals surface area contributed by atoms with Gasteiger partial charge in [-0.05, 0) is 46.2 Å². The summed E-state index contributed by atoms with van der Waals surface area (Å²) < 4.78 is 0. The van der Waals surface area contributed by atoms with Gasteiger partial charge in [0.15, 0.2) is 0 Å². The van der Waals surface area contributed by atoms with Crippen molar-refractivity contribution in [3.05, 3.63) is 87.5 Å². The van der Waals surface area contributed by atoms with E-state index in [4.69, 9.17) is 0 Å². The van der Waals surface area contributed by atoms with Crippen LogP contribution in [-0.4, -0.2) is 0 Å². The van der Waals surface area contributed by atoms with E-state index in [1.165, 1.54) is 0 Å². The molecule has 4 nitrogen and oxygen atoms in total. The Balaban J connectivity index is 2.26. The molecule has 0 fully saturated rings. The van der Waals surface area contributed by atoms with Crippen LogP contribution in [0.5, 0.6) is 0 Å². The monoisotopic (exact) mass is 444 g/mol. The molecule has 4 rings (SSSR count). The van der Waals surface area contributed by atoms with E-state index < -0.39 is 0 Å². The molecular formula is C30H28N4. The van der Waals surface area contributed by atoms with Crippen LogP contribution in [0.1, 0.15) is 92.3 Å². The highest BCUT2D eigenvalue weighted by Gasteiger charge is 2.39. The van der Waals surface area contributed by atoms with Gasteiger partial charge in [0, 0.05) is 5.41 Å². The van der Waals surface area contributed by atoms with Crippen molar-refractivity contribution in [3.8, 4) is 18.2 Å². The molecule has 0 aromatic heterocycles. The van der Waals surface area contributed by atoms with Gasteiger partial charge in [0.25, 0.3) is 0 Å². The van der Waals surface area contributed by atoms with Crippen LogP contribution in [0.4, 0.5) is 17.1 Å². The number of hydrogen-bond acceptors (Lipinski definition) is 4. The SMILES string of the molecule is CC(C)c1c(C#N)c(C#N)c(N2c3ccccc3C(C)(C)c3ccccc32)c(C#N)c1C(C)C. The standard InChI is InChI=1S/C30H28N4/c1-18(2)27-20(15-31)21(16-32)29(22(17-33)28(27)19(3)4)34-25-13-9-7-11-23(25)30(5,6)24-12-8-10-14-26(24)34/h7-14,18-19H,1-6H3. The van der Waals surface area contributed by atoms with Crippen LogP contribution < -0.4 is 4.90 Å². The molecule has 0 radical (unpaired) electrons. The van der Waals surface area contributed by atoms with Crippen LogP contribution in [0.15, 0.2) is 48.5 Å². The fourth-order valence-corrected chi connectivity index (χ4v) is 5.45. The molecule has 0 amide bonds. The Bertz CT molecular complexity index is 1370. The molecule has 1 heterocycles. The fourth-order valence-electron chi connectivity index (χ4n) is 5.45. The van der Waals surface area contributed by atoms with Gasteiger partial charge in [-0.2, -0.15) is 15.8 Å². The summed E-state index contributed by atoms with van der Waals surface area (Å²) in [5.74, 6) is 0.0116. The maximum Gasteiger partial charge on any atom is 0.103 e. The van der Waals surface area contributed by atoms with Crippen molar-refractivity contribution in [2.24, 2.45) is 0 Å². The van der Waals surface area contributed by atoms with Crippen molar-refractivity contribution in [3.63, 3.8) is 0 Å². The Morgan fingerprint density at radius 1 is 0.647 bits per heavy atom. The minimum Gasteiger partial charge on any atom is -0.307 e. The zero-order valence-electron chi connectivity index (χ0n) is 20.6. The Hall–Kier alpha value is -4.07. The number of nitriles is 3. The summed E-state index contributed by atoms with van der Waals surface area (Å²) in [6.45, 7) is 12.5. The number of rotatable bonds is 3. The van der Waals surface area contributed by atoms with Gasteiger partial charge in [0.2, 0.25) is 0 Å². The highest BCUT2D eigenvalue weighted by molar-refractivity contribution is 5.92. The molecule has 1 aliphatic heterocycles. The quantitative estimate of drug-likeness (QED) is 0.415. The van der Waals surface area contributed by atoms with E-state index in [2.05, 4.69) is 44.2 Å². The van der Waals surface area contributed by atoms with E-state index in [9.17, 15) is 15.8 Å². The number of benzene rings is 3. The summed E-state index contributed by atoms with van der Waals surface area (Å²) >= 11 is 0. The average molecular weight is 445 g/mol. The highest BCUT2D eigenvalue weighted by Crippen LogP contribution is 2.54. The van der Waals surface area contributed by atoms with Crippen molar-refractivity contribution in [2.75, 3.05) is 4.90 Å². The predicted octanol–water partition coefficient (Wildman–Crippen LogP) is 7.66. The first-order chi connectivity index (χ1) is 16.2. The van der Waals surface area contributed by atoms with Crippen LogP contribution in [-0.2, 0) is 5.41 Å². The average Bonchev–Trinajstić information content (AvgIpc) is 2.82. The lowest BCUT2D eigenvalue weighted by molar-refractivity contribution is 0.631.